The van der Waals surface area contributed by atoms with E-state index in [4.69, 9.17) is 16.3 Å². The van der Waals surface area contributed by atoms with Crippen LogP contribution in [0.15, 0.2) is 23.8 Å². The Morgan fingerprint density at radius 3 is 2.86 bits per heavy atom. The third-order valence-corrected chi connectivity index (χ3v) is 6.53. The lowest BCUT2D eigenvalue weighted by molar-refractivity contribution is -0.127. The number of carbonyl (C=O) groups is 1. The molecule has 0 aliphatic carbocycles. The summed E-state index contributed by atoms with van der Waals surface area (Å²) in [5.41, 5.74) is 3.20. The van der Waals surface area contributed by atoms with E-state index < -0.39 is 0 Å². The summed E-state index contributed by atoms with van der Waals surface area (Å²) in [4.78, 5) is 15.6. The van der Waals surface area contributed by atoms with Crippen molar-refractivity contribution in [1.82, 2.24) is 9.47 Å². The van der Waals surface area contributed by atoms with Gasteiger partial charge in [-0.25, -0.2) is 0 Å². The van der Waals surface area contributed by atoms with Crippen molar-refractivity contribution in [2.24, 2.45) is 0 Å². The van der Waals surface area contributed by atoms with Gasteiger partial charge in [0.05, 0.1) is 17.0 Å². The smallest absolute Gasteiger partial charge is 0.264 e. The fraction of sp³-hybridized carbons (Fsp3) is 0.455. The molecule has 154 valence electrons. The summed E-state index contributed by atoms with van der Waals surface area (Å²) in [6.07, 6.45) is 4.12. The highest BCUT2D eigenvalue weighted by atomic mass is 35.5. The van der Waals surface area contributed by atoms with Crippen LogP contribution < -0.4 is 0 Å². The third-order valence-electron chi connectivity index (χ3n) is 5.32. The number of halogens is 1. The molecule has 5 nitrogen and oxygen atoms in total. The third kappa shape index (κ3) is 5.11. The van der Waals surface area contributed by atoms with E-state index in [1.807, 2.05) is 39.0 Å². The van der Waals surface area contributed by atoms with E-state index in [0.29, 0.717) is 17.4 Å². The van der Waals surface area contributed by atoms with Gasteiger partial charge in [0.1, 0.15) is 11.6 Å². The van der Waals surface area contributed by atoms with Crippen LogP contribution in [0.3, 0.4) is 0 Å². The SMILES string of the molecule is CCN(Cc1ccc(Cl)s1)C(=O)/C(C#N)=C/c1cc(C)n(CC2CCCO2)c1C. The van der Waals surface area contributed by atoms with E-state index in [0.717, 1.165) is 47.8 Å². The first kappa shape index (κ1) is 21.6. The largest absolute Gasteiger partial charge is 0.376 e. The van der Waals surface area contributed by atoms with Crippen LogP contribution in [0.2, 0.25) is 4.34 Å². The molecule has 1 aliphatic heterocycles. The second kappa shape index (κ2) is 9.62. The zero-order valence-corrected chi connectivity index (χ0v) is 18.6. The zero-order chi connectivity index (χ0) is 21.0. The molecule has 29 heavy (non-hydrogen) atoms. The highest BCUT2D eigenvalue weighted by Crippen LogP contribution is 2.25. The van der Waals surface area contributed by atoms with Gasteiger partial charge < -0.3 is 14.2 Å². The van der Waals surface area contributed by atoms with Gasteiger partial charge >= 0.3 is 0 Å². The van der Waals surface area contributed by atoms with E-state index in [2.05, 4.69) is 10.6 Å². The molecule has 1 unspecified atom stereocenters. The summed E-state index contributed by atoms with van der Waals surface area (Å²) in [5.74, 6) is -0.261. The molecule has 0 bridgehead atoms. The van der Waals surface area contributed by atoms with Crippen molar-refractivity contribution >= 4 is 34.9 Å². The number of likely N-dealkylation sites (N-methyl/N-ethyl adjacent to an activating group) is 1. The summed E-state index contributed by atoms with van der Waals surface area (Å²) in [5, 5.41) is 9.66. The van der Waals surface area contributed by atoms with Crippen LogP contribution in [0.4, 0.5) is 0 Å². The normalized spacial score (nSPS) is 16.8. The Balaban J connectivity index is 1.81. The van der Waals surface area contributed by atoms with Gasteiger partial charge in [-0.2, -0.15) is 5.26 Å². The van der Waals surface area contributed by atoms with Crippen molar-refractivity contribution in [3.8, 4) is 6.07 Å². The van der Waals surface area contributed by atoms with E-state index in [1.165, 1.54) is 11.3 Å². The minimum Gasteiger partial charge on any atom is -0.376 e. The quantitative estimate of drug-likeness (QED) is 0.460. The monoisotopic (exact) mass is 431 g/mol. The number of hydrogen-bond acceptors (Lipinski definition) is 4. The summed E-state index contributed by atoms with van der Waals surface area (Å²) < 4.78 is 8.67. The summed E-state index contributed by atoms with van der Waals surface area (Å²) in [6, 6.07) is 7.87. The van der Waals surface area contributed by atoms with Crippen molar-refractivity contribution < 1.29 is 9.53 Å². The Labute approximate surface area is 181 Å². The molecule has 3 rings (SSSR count). The van der Waals surface area contributed by atoms with Crippen LogP contribution in [0.5, 0.6) is 0 Å². The predicted molar refractivity (Wildman–Crippen MR) is 117 cm³/mol. The number of aromatic nitrogens is 1. The zero-order valence-electron chi connectivity index (χ0n) is 17.1. The number of hydrogen-bond donors (Lipinski definition) is 0. The number of nitrogens with zero attached hydrogens (tertiary/aromatic N) is 3. The lowest BCUT2D eigenvalue weighted by atomic mass is 10.1. The van der Waals surface area contributed by atoms with Crippen molar-refractivity contribution in [2.75, 3.05) is 13.2 Å². The molecule has 1 aliphatic rings. The van der Waals surface area contributed by atoms with E-state index >= 15 is 0 Å². The first-order chi connectivity index (χ1) is 13.9. The summed E-state index contributed by atoms with van der Waals surface area (Å²) in [6.45, 7) is 8.59. The molecule has 2 aromatic rings. The molecule has 2 aromatic heterocycles. The second-order valence-electron chi connectivity index (χ2n) is 7.27. The maximum atomic E-state index is 13.0. The van der Waals surface area contributed by atoms with Crippen LogP contribution in [0, 0.1) is 25.2 Å². The fourth-order valence-corrected chi connectivity index (χ4v) is 4.77. The van der Waals surface area contributed by atoms with Crippen molar-refractivity contribution in [3.05, 3.63) is 49.9 Å². The van der Waals surface area contributed by atoms with Gasteiger partial charge in [-0.05, 0) is 63.5 Å². The van der Waals surface area contributed by atoms with Gasteiger partial charge in [-0.1, -0.05) is 11.6 Å². The molecule has 7 heteroatoms. The van der Waals surface area contributed by atoms with Gasteiger partial charge in [0.15, 0.2) is 0 Å². The number of carbonyl (C=O) groups excluding carboxylic acids is 1. The number of rotatable bonds is 7. The number of ether oxygens (including phenoxy) is 1. The Morgan fingerprint density at radius 2 is 2.28 bits per heavy atom. The Morgan fingerprint density at radius 1 is 1.48 bits per heavy atom. The van der Waals surface area contributed by atoms with Crippen LogP contribution in [0.1, 0.15) is 41.6 Å². The summed E-state index contributed by atoms with van der Waals surface area (Å²) in [7, 11) is 0. The van der Waals surface area contributed by atoms with Crippen LogP contribution in [0.25, 0.3) is 6.08 Å². The first-order valence-electron chi connectivity index (χ1n) is 9.86. The lowest BCUT2D eigenvalue weighted by Gasteiger charge is -2.19. The fourth-order valence-electron chi connectivity index (χ4n) is 3.67. The van der Waals surface area contributed by atoms with Gasteiger partial charge in [-0.3, -0.25) is 4.79 Å². The topological polar surface area (TPSA) is 58.3 Å². The minimum atomic E-state index is -0.261. The second-order valence-corrected chi connectivity index (χ2v) is 9.07. The highest BCUT2D eigenvalue weighted by molar-refractivity contribution is 7.16. The average molecular weight is 432 g/mol. The molecule has 0 N–H and O–H groups in total. The van der Waals surface area contributed by atoms with Crippen molar-refractivity contribution in [2.45, 2.75) is 52.8 Å². The number of amides is 1. The molecule has 0 radical (unpaired) electrons. The number of aryl methyl sites for hydroxylation is 1. The molecular formula is C22H26ClN3O2S. The average Bonchev–Trinajstić information content (AvgIpc) is 3.42. The van der Waals surface area contributed by atoms with Crippen LogP contribution in [-0.2, 0) is 22.6 Å². The Hall–Kier alpha value is -2.07. The van der Waals surface area contributed by atoms with E-state index in [-0.39, 0.29) is 17.6 Å². The molecule has 0 spiro atoms. The maximum absolute atomic E-state index is 13.0. The van der Waals surface area contributed by atoms with Gasteiger partial charge in [0, 0.05) is 36.0 Å². The Kier molecular flexibility index (Phi) is 7.18. The van der Waals surface area contributed by atoms with Gasteiger partial charge in [0.25, 0.3) is 5.91 Å². The van der Waals surface area contributed by atoms with Gasteiger partial charge in [0.2, 0.25) is 0 Å². The number of nitriles is 1. The van der Waals surface area contributed by atoms with Gasteiger partial charge in [-0.15, -0.1) is 11.3 Å². The first-order valence-corrected chi connectivity index (χ1v) is 11.1. The summed E-state index contributed by atoms with van der Waals surface area (Å²) >= 11 is 7.45. The van der Waals surface area contributed by atoms with Crippen molar-refractivity contribution in [1.29, 1.82) is 5.26 Å². The Bertz CT molecular complexity index is 948. The molecule has 0 saturated carbocycles. The molecule has 1 amide bonds. The lowest BCUT2D eigenvalue weighted by Crippen LogP contribution is -2.30. The molecule has 1 atom stereocenters. The predicted octanol–water partition coefficient (Wildman–Crippen LogP) is 4.95. The highest BCUT2D eigenvalue weighted by Gasteiger charge is 2.21. The molecular weight excluding hydrogens is 406 g/mol. The molecule has 1 fully saturated rings. The minimum absolute atomic E-state index is 0.145. The van der Waals surface area contributed by atoms with Crippen molar-refractivity contribution in [3.63, 3.8) is 0 Å². The van der Waals surface area contributed by atoms with Crippen LogP contribution >= 0.6 is 22.9 Å². The number of thiophene rings is 1. The van der Waals surface area contributed by atoms with E-state index in [1.54, 1.807) is 11.0 Å². The standard InChI is InChI=1S/C22H26ClN3O2S/c1-4-25(14-20-7-8-21(23)29-20)22(27)18(12-24)11-17-10-15(2)26(16(17)3)13-19-6-5-9-28-19/h7-8,10-11,19H,4-6,9,13-14H2,1-3H3/b18-11+. The molecule has 3 heterocycles. The molecule has 1 saturated heterocycles. The van der Waals surface area contributed by atoms with E-state index in [9.17, 15) is 10.1 Å². The van der Waals surface area contributed by atoms with Crippen LogP contribution in [-0.4, -0.2) is 34.6 Å². The maximum Gasteiger partial charge on any atom is 0.264 e. The molecule has 0 aromatic carbocycles.